The SMILES string of the molecule is CCCN(CC(=O)Nc1ccccc1C)C(=O)c1nn(-c2ccccc2[N+](=O)[O-])c(C)cc1=O. The van der Waals surface area contributed by atoms with Gasteiger partial charge in [0.15, 0.2) is 5.69 Å². The van der Waals surface area contributed by atoms with E-state index in [9.17, 15) is 24.5 Å². The van der Waals surface area contributed by atoms with Crippen molar-refractivity contribution in [2.24, 2.45) is 0 Å². The van der Waals surface area contributed by atoms with E-state index < -0.39 is 27.9 Å². The van der Waals surface area contributed by atoms with Crippen LogP contribution >= 0.6 is 0 Å². The Morgan fingerprint density at radius 2 is 1.79 bits per heavy atom. The first-order valence-electron chi connectivity index (χ1n) is 10.7. The summed E-state index contributed by atoms with van der Waals surface area (Å²) >= 11 is 0. The molecular formula is C24H25N5O5. The van der Waals surface area contributed by atoms with E-state index >= 15 is 0 Å². The fraction of sp³-hybridized carbons (Fsp3) is 0.250. The summed E-state index contributed by atoms with van der Waals surface area (Å²) in [4.78, 5) is 50.7. The molecule has 0 unspecified atom stereocenters. The van der Waals surface area contributed by atoms with Gasteiger partial charge < -0.3 is 10.2 Å². The smallest absolute Gasteiger partial charge is 0.294 e. The van der Waals surface area contributed by atoms with Gasteiger partial charge in [0, 0.05) is 30.1 Å². The van der Waals surface area contributed by atoms with Crippen molar-refractivity contribution in [2.75, 3.05) is 18.4 Å². The van der Waals surface area contributed by atoms with Crippen LogP contribution in [0, 0.1) is 24.0 Å². The molecule has 0 saturated carbocycles. The zero-order valence-electron chi connectivity index (χ0n) is 19.1. The first kappa shape index (κ1) is 24.3. The summed E-state index contributed by atoms with van der Waals surface area (Å²) in [5.41, 5.74) is 0.691. The van der Waals surface area contributed by atoms with Crippen LogP contribution in [0.2, 0.25) is 0 Å². The Morgan fingerprint density at radius 1 is 1.12 bits per heavy atom. The Hall–Kier alpha value is -4.34. The van der Waals surface area contributed by atoms with Crippen molar-refractivity contribution in [3.8, 4) is 5.69 Å². The van der Waals surface area contributed by atoms with Crippen molar-refractivity contribution in [3.05, 3.63) is 91.9 Å². The Balaban J connectivity index is 1.94. The van der Waals surface area contributed by atoms with Crippen LogP contribution in [0.3, 0.4) is 0 Å². The number of nitro groups is 1. The van der Waals surface area contributed by atoms with Gasteiger partial charge in [-0.3, -0.25) is 24.5 Å². The second kappa shape index (κ2) is 10.5. The molecule has 0 spiro atoms. The number of nitro benzene ring substituents is 1. The molecule has 0 fully saturated rings. The highest BCUT2D eigenvalue weighted by molar-refractivity contribution is 5.98. The van der Waals surface area contributed by atoms with E-state index in [1.54, 1.807) is 25.1 Å². The molecule has 1 N–H and O–H groups in total. The minimum absolute atomic E-state index is 0.124. The van der Waals surface area contributed by atoms with Gasteiger partial charge in [-0.2, -0.15) is 5.10 Å². The molecule has 0 aliphatic carbocycles. The Bertz CT molecular complexity index is 1300. The lowest BCUT2D eigenvalue weighted by atomic mass is 10.2. The number of hydrogen-bond acceptors (Lipinski definition) is 6. The van der Waals surface area contributed by atoms with Crippen LogP contribution in [0.4, 0.5) is 11.4 Å². The molecule has 1 aromatic heterocycles. The lowest BCUT2D eigenvalue weighted by molar-refractivity contribution is -0.384. The third-order valence-electron chi connectivity index (χ3n) is 5.15. The van der Waals surface area contributed by atoms with Gasteiger partial charge in [-0.05, 0) is 38.0 Å². The molecule has 0 bridgehead atoms. The number of nitrogens with zero attached hydrogens (tertiary/aromatic N) is 4. The molecule has 10 heteroatoms. The number of para-hydroxylation sites is 3. The number of anilines is 1. The van der Waals surface area contributed by atoms with E-state index in [4.69, 9.17) is 0 Å². The summed E-state index contributed by atoms with van der Waals surface area (Å²) in [6.07, 6.45) is 0.549. The first-order valence-corrected chi connectivity index (χ1v) is 10.7. The summed E-state index contributed by atoms with van der Waals surface area (Å²) < 4.78 is 1.20. The average Bonchev–Trinajstić information content (AvgIpc) is 2.80. The predicted molar refractivity (Wildman–Crippen MR) is 127 cm³/mol. The number of benzene rings is 2. The van der Waals surface area contributed by atoms with Gasteiger partial charge in [-0.1, -0.05) is 37.3 Å². The van der Waals surface area contributed by atoms with Gasteiger partial charge in [0.2, 0.25) is 11.3 Å². The van der Waals surface area contributed by atoms with E-state index in [2.05, 4.69) is 10.4 Å². The van der Waals surface area contributed by atoms with E-state index in [0.29, 0.717) is 17.8 Å². The van der Waals surface area contributed by atoms with Gasteiger partial charge >= 0.3 is 0 Å². The Kier molecular flexibility index (Phi) is 7.52. The molecule has 176 valence electrons. The van der Waals surface area contributed by atoms with Crippen molar-refractivity contribution in [1.29, 1.82) is 0 Å². The fourth-order valence-electron chi connectivity index (χ4n) is 3.49. The molecule has 3 aromatic rings. The van der Waals surface area contributed by atoms with Crippen LogP contribution < -0.4 is 10.7 Å². The molecule has 0 radical (unpaired) electrons. The van der Waals surface area contributed by atoms with E-state index in [-0.39, 0.29) is 24.5 Å². The standard InChI is InChI=1S/C24H25N5O5/c1-4-13-27(15-22(31)25-18-10-6-5-9-16(18)2)24(32)23-21(30)14-17(3)28(26-23)19-11-7-8-12-20(19)29(33)34/h5-12,14H,4,13,15H2,1-3H3,(H,25,31). The van der Waals surface area contributed by atoms with E-state index in [0.717, 1.165) is 5.56 Å². The van der Waals surface area contributed by atoms with Crippen molar-refractivity contribution in [2.45, 2.75) is 27.2 Å². The zero-order chi connectivity index (χ0) is 24.8. The minimum atomic E-state index is -0.723. The highest BCUT2D eigenvalue weighted by atomic mass is 16.6. The van der Waals surface area contributed by atoms with Gasteiger partial charge in [0.05, 0.1) is 4.92 Å². The number of nitrogens with one attached hydrogen (secondary N) is 1. The number of aryl methyl sites for hydroxylation is 2. The third kappa shape index (κ3) is 5.34. The lowest BCUT2D eigenvalue weighted by Crippen LogP contribution is -2.41. The molecule has 10 nitrogen and oxygen atoms in total. The summed E-state index contributed by atoms with van der Waals surface area (Å²) in [5, 5.41) is 18.4. The predicted octanol–water partition coefficient (Wildman–Crippen LogP) is 3.25. The third-order valence-corrected chi connectivity index (χ3v) is 5.15. The molecule has 0 saturated heterocycles. The van der Waals surface area contributed by atoms with Crippen LogP contribution in [-0.2, 0) is 4.79 Å². The largest absolute Gasteiger partial charge is 0.328 e. The summed E-state index contributed by atoms with van der Waals surface area (Å²) in [6, 6.07) is 14.4. The van der Waals surface area contributed by atoms with Crippen molar-refractivity contribution in [1.82, 2.24) is 14.7 Å². The van der Waals surface area contributed by atoms with Crippen LogP contribution in [0.1, 0.15) is 35.1 Å². The Labute approximate surface area is 196 Å². The molecule has 2 aromatic carbocycles. The molecular weight excluding hydrogens is 438 g/mol. The van der Waals surface area contributed by atoms with Crippen molar-refractivity contribution >= 4 is 23.2 Å². The van der Waals surface area contributed by atoms with E-state index in [1.807, 2.05) is 26.0 Å². The average molecular weight is 463 g/mol. The number of rotatable bonds is 8. The zero-order valence-corrected chi connectivity index (χ0v) is 19.1. The number of amides is 2. The van der Waals surface area contributed by atoms with Crippen molar-refractivity contribution < 1.29 is 14.5 Å². The highest BCUT2D eigenvalue weighted by Crippen LogP contribution is 2.22. The minimum Gasteiger partial charge on any atom is -0.328 e. The fourth-order valence-corrected chi connectivity index (χ4v) is 3.49. The molecule has 3 rings (SSSR count). The molecule has 2 amide bonds. The quantitative estimate of drug-likeness (QED) is 0.403. The highest BCUT2D eigenvalue weighted by Gasteiger charge is 2.25. The maximum absolute atomic E-state index is 13.3. The summed E-state index contributed by atoms with van der Waals surface area (Å²) in [6.45, 7) is 5.21. The maximum Gasteiger partial charge on any atom is 0.294 e. The topological polar surface area (TPSA) is 127 Å². The molecule has 1 heterocycles. The Morgan fingerprint density at radius 3 is 2.47 bits per heavy atom. The lowest BCUT2D eigenvalue weighted by Gasteiger charge is -2.22. The summed E-state index contributed by atoms with van der Waals surface area (Å²) in [5.74, 6) is -1.14. The van der Waals surface area contributed by atoms with Crippen LogP contribution in [0.25, 0.3) is 5.69 Å². The number of carbonyl (C=O) groups excluding carboxylic acids is 2. The number of aromatic nitrogens is 2. The van der Waals surface area contributed by atoms with E-state index in [1.165, 1.54) is 33.8 Å². The summed E-state index contributed by atoms with van der Waals surface area (Å²) in [7, 11) is 0. The first-order chi connectivity index (χ1) is 16.2. The normalized spacial score (nSPS) is 10.6. The van der Waals surface area contributed by atoms with Crippen LogP contribution in [0.15, 0.2) is 59.4 Å². The molecule has 0 aliphatic heterocycles. The van der Waals surface area contributed by atoms with Gasteiger partial charge in [-0.15, -0.1) is 0 Å². The van der Waals surface area contributed by atoms with Gasteiger partial charge in [0.25, 0.3) is 11.6 Å². The van der Waals surface area contributed by atoms with Gasteiger partial charge in [0.1, 0.15) is 12.2 Å². The van der Waals surface area contributed by atoms with Crippen LogP contribution in [0.5, 0.6) is 0 Å². The second-order valence-electron chi connectivity index (χ2n) is 7.75. The number of carbonyl (C=O) groups is 2. The second-order valence-corrected chi connectivity index (χ2v) is 7.75. The maximum atomic E-state index is 13.3. The van der Waals surface area contributed by atoms with Crippen LogP contribution in [-0.4, -0.2) is 44.5 Å². The monoisotopic (exact) mass is 463 g/mol. The van der Waals surface area contributed by atoms with Gasteiger partial charge in [-0.25, -0.2) is 4.68 Å². The number of hydrogen-bond donors (Lipinski definition) is 1. The molecule has 0 atom stereocenters. The van der Waals surface area contributed by atoms with Crippen molar-refractivity contribution in [3.63, 3.8) is 0 Å². The molecule has 34 heavy (non-hydrogen) atoms. The molecule has 0 aliphatic rings.